The van der Waals surface area contributed by atoms with E-state index in [2.05, 4.69) is 26.1 Å². The van der Waals surface area contributed by atoms with E-state index in [1.165, 1.54) is 36.4 Å². The molecule has 4 fully saturated rings. The first-order valence-electron chi connectivity index (χ1n) is 18.1. The maximum Gasteiger partial charge on any atom is 0.297 e. The number of anilines is 1. The number of aliphatic hydroxyl groups is 3. The Labute approximate surface area is 299 Å². The number of rotatable bonds is 7. The minimum Gasteiger partial charge on any atom is -0.393 e. The predicted octanol–water partition coefficient (Wildman–Crippen LogP) is 5.80. The molecule has 278 valence electrons. The van der Waals surface area contributed by atoms with Crippen molar-refractivity contribution in [2.45, 2.75) is 107 Å². The van der Waals surface area contributed by atoms with Crippen LogP contribution in [0.5, 0.6) is 0 Å². The van der Waals surface area contributed by atoms with Crippen LogP contribution in [0.3, 0.4) is 0 Å². The summed E-state index contributed by atoms with van der Waals surface area (Å²) in [6.45, 7) is 6.56. The van der Waals surface area contributed by atoms with Gasteiger partial charge in [-0.25, -0.2) is 0 Å². The Morgan fingerprint density at radius 1 is 0.882 bits per heavy atom. The standard InChI is InChI=1S/C38H49NO10S2/c1-20(27-9-10-28-35-29(19-33(42)38(27,28)3)37(2)14-13-24(40)17-23(37)18-31(35)41)7-12-34(43)39-30-11-8-22-15-25-21(5-4-6-32(25)50(44,45)46)16-26(22)36(30)51(47,48)49/h4-6,8,11,15-16,20,23-24,27-29,31,33,35,40-42H,7,9-10,12-14,17-19H2,1-3H3,(H,39,43)(H,44,45,46)(H,47,48,49)/t20?,23?,24-,27-,28?,29?,31-,33+,35?,37+,38-/m1/s1. The molecule has 13 heteroatoms. The van der Waals surface area contributed by atoms with Crippen molar-refractivity contribution in [2.24, 2.45) is 46.3 Å². The molecule has 4 aliphatic rings. The van der Waals surface area contributed by atoms with Gasteiger partial charge in [0.2, 0.25) is 5.91 Å². The van der Waals surface area contributed by atoms with Gasteiger partial charge in [-0.1, -0.05) is 39.0 Å². The van der Waals surface area contributed by atoms with Crippen molar-refractivity contribution < 1.29 is 46.1 Å². The lowest BCUT2D eigenvalue weighted by atomic mass is 9.43. The molecule has 0 saturated heterocycles. The van der Waals surface area contributed by atoms with Crippen LogP contribution < -0.4 is 5.32 Å². The number of hydrogen-bond donors (Lipinski definition) is 6. The largest absolute Gasteiger partial charge is 0.393 e. The minimum absolute atomic E-state index is 0.0208. The smallest absolute Gasteiger partial charge is 0.297 e. The molecular formula is C38H49NO10S2. The zero-order chi connectivity index (χ0) is 36.8. The van der Waals surface area contributed by atoms with Gasteiger partial charge in [0.15, 0.2) is 0 Å². The SMILES string of the molecule is CC(CCC(=O)Nc1ccc2cc3c(S(=O)(=O)O)cccc3cc2c1S(=O)(=O)O)[C@H]1CCC2C3C(C[C@H](O)[C@@]21C)[C@@]1(C)CC[C@@H](O)CC1C[C@H]3O. The van der Waals surface area contributed by atoms with E-state index in [0.29, 0.717) is 31.1 Å². The fourth-order valence-corrected chi connectivity index (χ4v) is 13.1. The average molecular weight is 744 g/mol. The quantitative estimate of drug-likeness (QED) is 0.127. The lowest BCUT2D eigenvalue weighted by Crippen LogP contribution is -2.62. The number of aliphatic hydroxyl groups excluding tert-OH is 3. The van der Waals surface area contributed by atoms with Crippen LogP contribution in [-0.4, -0.2) is 65.5 Å². The first-order chi connectivity index (χ1) is 23.8. The van der Waals surface area contributed by atoms with Crippen molar-refractivity contribution in [2.75, 3.05) is 5.32 Å². The molecule has 7 rings (SSSR count). The molecule has 51 heavy (non-hydrogen) atoms. The molecule has 0 heterocycles. The van der Waals surface area contributed by atoms with Gasteiger partial charge in [-0.2, -0.15) is 16.8 Å². The van der Waals surface area contributed by atoms with Crippen molar-refractivity contribution in [1.82, 2.24) is 0 Å². The number of amides is 1. The van der Waals surface area contributed by atoms with Gasteiger partial charge in [0.25, 0.3) is 20.2 Å². The molecule has 5 unspecified atom stereocenters. The van der Waals surface area contributed by atoms with Crippen LogP contribution in [0.1, 0.15) is 78.6 Å². The van der Waals surface area contributed by atoms with Crippen molar-refractivity contribution >= 4 is 53.4 Å². The number of nitrogens with one attached hydrogen (secondary N) is 1. The van der Waals surface area contributed by atoms with Gasteiger partial charge in [0.05, 0.1) is 24.0 Å². The molecule has 3 aromatic carbocycles. The molecule has 3 aromatic rings. The highest BCUT2D eigenvalue weighted by Crippen LogP contribution is 2.68. The fourth-order valence-electron chi connectivity index (χ4n) is 11.5. The highest BCUT2D eigenvalue weighted by atomic mass is 32.2. The van der Waals surface area contributed by atoms with E-state index < -0.39 is 48.7 Å². The first kappa shape index (κ1) is 36.7. The Morgan fingerprint density at radius 3 is 2.29 bits per heavy atom. The monoisotopic (exact) mass is 743 g/mol. The third-order valence-corrected chi connectivity index (χ3v) is 16.0. The summed E-state index contributed by atoms with van der Waals surface area (Å²) in [6, 6.07) is 9.87. The van der Waals surface area contributed by atoms with Crippen LogP contribution in [-0.2, 0) is 25.0 Å². The second-order valence-electron chi connectivity index (χ2n) is 16.5. The molecule has 0 bridgehead atoms. The highest BCUT2D eigenvalue weighted by molar-refractivity contribution is 7.86. The van der Waals surface area contributed by atoms with Crippen molar-refractivity contribution in [3.8, 4) is 0 Å². The van der Waals surface area contributed by atoms with Crippen LogP contribution in [0.25, 0.3) is 21.5 Å². The topological polar surface area (TPSA) is 199 Å². The number of carbonyl (C=O) groups excluding carboxylic acids is 1. The summed E-state index contributed by atoms with van der Waals surface area (Å²) in [5.74, 6) is 0.383. The normalized spacial score (nSPS) is 35.9. The van der Waals surface area contributed by atoms with Crippen LogP contribution in [0.2, 0.25) is 0 Å². The third kappa shape index (κ3) is 6.10. The molecular weight excluding hydrogens is 695 g/mol. The van der Waals surface area contributed by atoms with E-state index in [1.807, 2.05) is 0 Å². The van der Waals surface area contributed by atoms with Gasteiger partial charge in [-0.05, 0) is 133 Å². The summed E-state index contributed by atoms with van der Waals surface area (Å²) in [5.41, 5.74) is -0.556. The number of fused-ring (bicyclic) bond motifs is 7. The summed E-state index contributed by atoms with van der Waals surface area (Å²) >= 11 is 0. The lowest BCUT2D eigenvalue weighted by molar-refractivity contribution is -0.207. The Morgan fingerprint density at radius 2 is 1.59 bits per heavy atom. The zero-order valence-corrected chi connectivity index (χ0v) is 30.8. The maximum atomic E-state index is 13.4. The van der Waals surface area contributed by atoms with Crippen molar-refractivity contribution in [1.29, 1.82) is 0 Å². The third-order valence-electron chi connectivity index (χ3n) is 14.1. The van der Waals surface area contributed by atoms with Gasteiger partial charge >= 0.3 is 0 Å². The molecule has 0 spiro atoms. The fraction of sp³-hybridized carbons (Fsp3) is 0.605. The summed E-state index contributed by atoms with van der Waals surface area (Å²) in [4.78, 5) is 12.5. The lowest BCUT2D eigenvalue weighted by Gasteiger charge is -2.63. The van der Waals surface area contributed by atoms with E-state index in [-0.39, 0.29) is 80.2 Å². The van der Waals surface area contributed by atoms with Crippen LogP contribution >= 0.6 is 0 Å². The number of hydrogen-bond acceptors (Lipinski definition) is 8. The van der Waals surface area contributed by atoms with Gasteiger partial charge in [-0.15, -0.1) is 0 Å². The molecule has 6 N–H and O–H groups in total. The number of carbonyl (C=O) groups is 1. The van der Waals surface area contributed by atoms with Crippen LogP contribution in [0.4, 0.5) is 5.69 Å². The van der Waals surface area contributed by atoms with Gasteiger partial charge in [0.1, 0.15) is 9.79 Å². The van der Waals surface area contributed by atoms with Gasteiger partial charge in [0, 0.05) is 17.2 Å². The molecule has 0 radical (unpaired) electrons. The molecule has 0 aromatic heterocycles. The zero-order valence-electron chi connectivity index (χ0n) is 29.2. The molecule has 4 saturated carbocycles. The highest BCUT2D eigenvalue weighted by Gasteiger charge is 2.65. The maximum absolute atomic E-state index is 13.4. The number of benzene rings is 3. The van der Waals surface area contributed by atoms with E-state index in [0.717, 1.165) is 25.7 Å². The first-order valence-corrected chi connectivity index (χ1v) is 21.0. The molecule has 1 amide bonds. The summed E-state index contributed by atoms with van der Waals surface area (Å²) < 4.78 is 69.3. The summed E-state index contributed by atoms with van der Waals surface area (Å²) in [5, 5.41) is 37.4. The van der Waals surface area contributed by atoms with Crippen molar-refractivity contribution in [3.63, 3.8) is 0 Å². The second kappa shape index (κ2) is 12.7. The molecule has 11 nitrogen and oxygen atoms in total. The summed E-state index contributed by atoms with van der Waals surface area (Å²) in [6.07, 6.45) is 4.63. The van der Waals surface area contributed by atoms with E-state index in [9.17, 15) is 46.1 Å². The predicted molar refractivity (Wildman–Crippen MR) is 192 cm³/mol. The average Bonchev–Trinajstić information content (AvgIpc) is 3.41. The van der Waals surface area contributed by atoms with E-state index >= 15 is 0 Å². The Bertz CT molecular complexity index is 2100. The van der Waals surface area contributed by atoms with E-state index in [1.54, 1.807) is 6.07 Å². The molecule has 4 aliphatic carbocycles. The minimum atomic E-state index is -4.86. The van der Waals surface area contributed by atoms with Gasteiger partial charge < -0.3 is 20.6 Å². The Balaban J connectivity index is 1.09. The van der Waals surface area contributed by atoms with Gasteiger partial charge in [-0.3, -0.25) is 13.9 Å². The summed E-state index contributed by atoms with van der Waals surface area (Å²) in [7, 11) is -9.42. The van der Waals surface area contributed by atoms with E-state index in [4.69, 9.17) is 0 Å². The van der Waals surface area contributed by atoms with Crippen LogP contribution in [0.15, 0.2) is 52.3 Å². The Hall–Kier alpha value is -2.65. The van der Waals surface area contributed by atoms with Crippen LogP contribution in [0, 0.1) is 46.3 Å². The molecule has 0 aliphatic heterocycles. The second-order valence-corrected chi connectivity index (χ2v) is 19.3. The van der Waals surface area contributed by atoms with Crippen molar-refractivity contribution in [3.05, 3.63) is 42.5 Å². The molecule has 11 atom stereocenters. The Kier molecular flexibility index (Phi) is 9.17.